The van der Waals surface area contributed by atoms with Crippen molar-refractivity contribution in [1.82, 2.24) is 4.98 Å². The molecule has 1 fully saturated rings. The van der Waals surface area contributed by atoms with Crippen molar-refractivity contribution in [1.29, 1.82) is 0 Å². The van der Waals surface area contributed by atoms with Gasteiger partial charge >= 0.3 is 0 Å². The average molecular weight is 440 g/mol. The first-order valence-electron chi connectivity index (χ1n) is 10.0. The average Bonchev–Trinajstić information content (AvgIpc) is 3.26. The Morgan fingerprint density at radius 3 is 2.52 bits per heavy atom. The number of aromatic nitrogens is 1. The summed E-state index contributed by atoms with van der Waals surface area (Å²) in [5.41, 5.74) is 3.32. The third-order valence-electron chi connectivity index (χ3n) is 5.09. The van der Waals surface area contributed by atoms with Crippen molar-refractivity contribution >= 4 is 28.1 Å². The second-order valence-corrected chi connectivity index (χ2v) is 8.14. The van der Waals surface area contributed by atoms with Crippen molar-refractivity contribution in [3.8, 4) is 22.8 Å². The molecule has 1 aromatic heterocycles. The highest BCUT2D eigenvalue weighted by molar-refractivity contribution is 7.18. The zero-order chi connectivity index (χ0) is 21.8. The number of nitrogens with zero attached hydrogens (tertiary/aromatic N) is 2. The predicted octanol–water partition coefficient (Wildman–Crippen LogP) is 4.22. The SMILES string of the molecule is COc1ccc(NC(=O)c2sc(N3CCOCC3)nc2-c2ccc(C)cc2)c(OC)c1. The number of anilines is 2. The molecule has 1 saturated heterocycles. The number of nitrogens with one attached hydrogen (secondary N) is 1. The third-order valence-corrected chi connectivity index (χ3v) is 6.20. The van der Waals surface area contributed by atoms with Crippen LogP contribution in [0.2, 0.25) is 0 Å². The monoisotopic (exact) mass is 439 g/mol. The fourth-order valence-corrected chi connectivity index (χ4v) is 4.38. The Balaban J connectivity index is 1.69. The van der Waals surface area contributed by atoms with Gasteiger partial charge in [0.2, 0.25) is 0 Å². The molecule has 1 aliphatic rings. The highest BCUT2D eigenvalue weighted by Crippen LogP contribution is 2.36. The summed E-state index contributed by atoms with van der Waals surface area (Å²) in [6.07, 6.45) is 0. The first-order chi connectivity index (χ1) is 15.1. The van der Waals surface area contributed by atoms with E-state index in [9.17, 15) is 4.79 Å². The van der Waals surface area contributed by atoms with Crippen LogP contribution >= 0.6 is 11.3 Å². The van der Waals surface area contributed by atoms with Gasteiger partial charge in [-0.15, -0.1) is 0 Å². The highest BCUT2D eigenvalue weighted by Gasteiger charge is 2.24. The number of carbonyl (C=O) groups excluding carboxylic acids is 1. The van der Waals surface area contributed by atoms with Gasteiger partial charge in [0.15, 0.2) is 5.13 Å². The lowest BCUT2D eigenvalue weighted by atomic mass is 10.1. The second-order valence-electron chi connectivity index (χ2n) is 7.16. The van der Waals surface area contributed by atoms with Crippen molar-refractivity contribution in [2.45, 2.75) is 6.92 Å². The predicted molar refractivity (Wildman–Crippen MR) is 123 cm³/mol. The van der Waals surface area contributed by atoms with E-state index in [0.29, 0.717) is 41.0 Å². The van der Waals surface area contributed by atoms with E-state index in [1.165, 1.54) is 11.3 Å². The number of thiazole rings is 1. The van der Waals surface area contributed by atoms with Gasteiger partial charge in [-0.25, -0.2) is 4.98 Å². The van der Waals surface area contributed by atoms with E-state index in [2.05, 4.69) is 10.2 Å². The van der Waals surface area contributed by atoms with Crippen molar-refractivity contribution in [3.05, 3.63) is 52.9 Å². The smallest absolute Gasteiger partial charge is 0.268 e. The van der Waals surface area contributed by atoms with Crippen LogP contribution in [0.4, 0.5) is 10.8 Å². The molecule has 162 valence electrons. The minimum atomic E-state index is -0.226. The van der Waals surface area contributed by atoms with Crippen LogP contribution in [0.5, 0.6) is 11.5 Å². The number of hydrogen-bond acceptors (Lipinski definition) is 7. The molecule has 2 aromatic carbocycles. The van der Waals surface area contributed by atoms with E-state index in [4.69, 9.17) is 19.2 Å². The van der Waals surface area contributed by atoms with E-state index in [-0.39, 0.29) is 5.91 Å². The molecule has 0 saturated carbocycles. The van der Waals surface area contributed by atoms with Crippen LogP contribution in [-0.4, -0.2) is 51.4 Å². The maximum Gasteiger partial charge on any atom is 0.268 e. The summed E-state index contributed by atoms with van der Waals surface area (Å²) in [5, 5.41) is 3.80. The summed E-state index contributed by atoms with van der Waals surface area (Å²) in [6.45, 7) is 4.87. The van der Waals surface area contributed by atoms with Gasteiger partial charge in [0.05, 0.1) is 38.8 Å². The van der Waals surface area contributed by atoms with Gasteiger partial charge in [-0.05, 0) is 19.1 Å². The van der Waals surface area contributed by atoms with Crippen LogP contribution in [0, 0.1) is 6.92 Å². The third kappa shape index (κ3) is 4.65. The van der Waals surface area contributed by atoms with E-state index in [1.807, 2.05) is 31.2 Å². The molecule has 0 radical (unpaired) electrons. The number of ether oxygens (including phenoxy) is 3. The number of rotatable bonds is 6. The van der Waals surface area contributed by atoms with Crippen molar-refractivity contribution in [2.75, 3.05) is 50.7 Å². The van der Waals surface area contributed by atoms with Gasteiger partial charge in [0.1, 0.15) is 16.4 Å². The lowest BCUT2D eigenvalue weighted by molar-refractivity contribution is 0.103. The molecule has 0 spiro atoms. The molecule has 3 aromatic rings. The molecule has 4 rings (SSSR count). The summed E-state index contributed by atoms with van der Waals surface area (Å²) in [6, 6.07) is 13.3. The van der Waals surface area contributed by atoms with Gasteiger partial charge in [-0.2, -0.15) is 0 Å². The summed E-state index contributed by atoms with van der Waals surface area (Å²) in [4.78, 5) is 20.9. The first-order valence-corrected chi connectivity index (χ1v) is 10.8. The van der Waals surface area contributed by atoms with E-state index < -0.39 is 0 Å². The normalized spacial score (nSPS) is 13.7. The van der Waals surface area contributed by atoms with E-state index in [0.717, 1.165) is 29.3 Å². The minimum absolute atomic E-state index is 0.226. The number of amides is 1. The molecule has 7 nitrogen and oxygen atoms in total. The lowest BCUT2D eigenvalue weighted by Crippen LogP contribution is -2.36. The van der Waals surface area contributed by atoms with Crippen LogP contribution < -0.4 is 19.7 Å². The first kappa shape index (κ1) is 21.1. The standard InChI is InChI=1S/C23H25N3O4S/c1-15-4-6-16(7-5-15)20-21(31-23(25-20)26-10-12-30-13-11-26)22(27)24-18-9-8-17(28-2)14-19(18)29-3/h4-9,14H,10-13H2,1-3H3,(H,24,27). The second kappa shape index (κ2) is 9.36. The lowest BCUT2D eigenvalue weighted by Gasteiger charge is -2.26. The molecule has 0 bridgehead atoms. The molecular formula is C23H25N3O4S. The topological polar surface area (TPSA) is 72.9 Å². The van der Waals surface area contributed by atoms with Crippen molar-refractivity contribution in [3.63, 3.8) is 0 Å². The Hall–Kier alpha value is -3.10. The summed E-state index contributed by atoms with van der Waals surface area (Å²) in [5.74, 6) is 0.959. The summed E-state index contributed by atoms with van der Waals surface area (Å²) in [7, 11) is 3.15. The molecule has 31 heavy (non-hydrogen) atoms. The number of benzene rings is 2. The number of carbonyl (C=O) groups is 1. The molecule has 0 unspecified atom stereocenters. The Kier molecular flexibility index (Phi) is 6.39. The zero-order valence-electron chi connectivity index (χ0n) is 17.8. The maximum absolute atomic E-state index is 13.3. The Labute approximate surface area is 185 Å². The number of methoxy groups -OCH3 is 2. The van der Waals surface area contributed by atoms with Crippen molar-refractivity contribution < 1.29 is 19.0 Å². The minimum Gasteiger partial charge on any atom is -0.497 e. The summed E-state index contributed by atoms with van der Waals surface area (Å²) >= 11 is 1.40. The molecule has 1 aliphatic heterocycles. The number of hydrogen-bond donors (Lipinski definition) is 1. The van der Waals surface area contributed by atoms with Crippen LogP contribution in [0.25, 0.3) is 11.3 Å². The fraction of sp³-hybridized carbons (Fsp3) is 0.304. The van der Waals surface area contributed by atoms with Crippen LogP contribution in [0.1, 0.15) is 15.2 Å². The Morgan fingerprint density at radius 1 is 1.10 bits per heavy atom. The molecule has 1 amide bonds. The largest absolute Gasteiger partial charge is 0.497 e. The summed E-state index contributed by atoms with van der Waals surface area (Å²) < 4.78 is 16.1. The van der Waals surface area contributed by atoms with Gasteiger partial charge in [0, 0.05) is 24.7 Å². The zero-order valence-corrected chi connectivity index (χ0v) is 18.6. The Bertz CT molecular complexity index is 1060. The van der Waals surface area contributed by atoms with Gasteiger partial charge in [-0.1, -0.05) is 41.2 Å². The van der Waals surface area contributed by atoms with Gasteiger partial charge in [0.25, 0.3) is 5.91 Å². The van der Waals surface area contributed by atoms with Gasteiger partial charge < -0.3 is 24.4 Å². The quantitative estimate of drug-likeness (QED) is 0.620. The molecule has 0 aliphatic carbocycles. The molecule has 1 N–H and O–H groups in total. The van der Waals surface area contributed by atoms with E-state index >= 15 is 0 Å². The highest BCUT2D eigenvalue weighted by atomic mass is 32.1. The van der Waals surface area contributed by atoms with Crippen LogP contribution in [-0.2, 0) is 4.74 Å². The maximum atomic E-state index is 13.3. The molecule has 8 heteroatoms. The molecular weight excluding hydrogens is 414 g/mol. The number of aryl methyl sites for hydroxylation is 1. The molecule has 2 heterocycles. The molecule has 0 atom stereocenters. The van der Waals surface area contributed by atoms with Crippen LogP contribution in [0.3, 0.4) is 0 Å². The number of morpholine rings is 1. The van der Waals surface area contributed by atoms with Crippen LogP contribution in [0.15, 0.2) is 42.5 Å². The Morgan fingerprint density at radius 2 is 1.84 bits per heavy atom. The van der Waals surface area contributed by atoms with E-state index in [1.54, 1.807) is 32.4 Å². The fourth-order valence-electron chi connectivity index (χ4n) is 3.34. The van der Waals surface area contributed by atoms with Gasteiger partial charge in [-0.3, -0.25) is 4.79 Å². The van der Waals surface area contributed by atoms with Crippen molar-refractivity contribution in [2.24, 2.45) is 0 Å².